The molecule has 4 nitrogen and oxygen atoms in total. The van der Waals surface area contributed by atoms with Crippen molar-refractivity contribution >= 4 is 21.8 Å². The minimum atomic E-state index is -0.0515. The first-order chi connectivity index (χ1) is 10.1. The van der Waals surface area contributed by atoms with Crippen LogP contribution < -0.4 is 15.2 Å². The maximum absolute atomic E-state index is 7.68. The van der Waals surface area contributed by atoms with E-state index in [0.29, 0.717) is 29.4 Å². The fraction of sp³-hybridized carbons (Fsp3) is 0.188. The Hall–Kier alpha value is -2.01. The van der Waals surface area contributed by atoms with E-state index < -0.39 is 0 Å². The summed E-state index contributed by atoms with van der Waals surface area (Å²) in [6.07, 6.45) is 0.921. The third-order valence-electron chi connectivity index (χ3n) is 2.78. The molecule has 0 aliphatic rings. The van der Waals surface area contributed by atoms with Crippen LogP contribution in [-0.4, -0.2) is 12.4 Å². The van der Waals surface area contributed by atoms with Crippen molar-refractivity contribution in [1.29, 1.82) is 5.41 Å². The first-order valence-corrected chi connectivity index (χ1v) is 7.45. The molecule has 0 aliphatic heterocycles. The molecule has 0 saturated heterocycles. The zero-order valence-electron chi connectivity index (χ0n) is 11.7. The van der Waals surface area contributed by atoms with E-state index in [4.69, 9.17) is 20.6 Å². The quantitative estimate of drug-likeness (QED) is 0.603. The van der Waals surface area contributed by atoms with E-state index >= 15 is 0 Å². The number of hydrogen-bond acceptors (Lipinski definition) is 3. The van der Waals surface area contributed by atoms with Gasteiger partial charge in [0.2, 0.25) is 0 Å². The number of rotatable bonds is 6. The predicted octanol–water partition coefficient (Wildman–Crippen LogP) is 4.31. The van der Waals surface area contributed by atoms with Gasteiger partial charge in [0.25, 0.3) is 0 Å². The lowest BCUT2D eigenvalue weighted by Crippen LogP contribution is -2.13. The third kappa shape index (κ3) is 3.76. The Balaban J connectivity index is 2.35. The summed E-state index contributed by atoms with van der Waals surface area (Å²) >= 11 is 3.39. The van der Waals surface area contributed by atoms with E-state index in [1.807, 2.05) is 43.3 Å². The first-order valence-electron chi connectivity index (χ1n) is 6.66. The number of ether oxygens (including phenoxy) is 2. The highest BCUT2D eigenvalue weighted by molar-refractivity contribution is 9.10. The Morgan fingerprint density at radius 1 is 1.10 bits per heavy atom. The molecular weight excluding hydrogens is 332 g/mol. The fourth-order valence-corrected chi connectivity index (χ4v) is 2.40. The second-order valence-electron chi connectivity index (χ2n) is 4.42. The first kappa shape index (κ1) is 15.4. The van der Waals surface area contributed by atoms with Gasteiger partial charge in [0.05, 0.1) is 12.2 Å². The van der Waals surface area contributed by atoms with Crippen molar-refractivity contribution in [3.63, 3.8) is 0 Å². The average Bonchev–Trinajstić information content (AvgIpc) is 2.46. The van der Waals surface area contributed by atoms with Crippen LogP contribution >= 0.6 is 15.9 Å². The molecule has 2 aromatic carbocycles. The summed E-state index contributed by atoms with van der Waals surface area (Å²) in [5.74, 6) is 1.74. The van der Waals surface area contributed by atoms with Crippen LogP contribution in [-0.2, 0) is 0 Å². The molecule has 0 bridgehead atoms. The van der Waals surface area contributed by atoms with Gasteiger partial charge in [-0.1, -0.05) is 25.1 Å². The van der Waals surface area contributed by atoms with Crippen LogP contribution in [0, 0.1) is 5.41 Å². The van der Waals surface area contributed by atoms with Crippen molar-refractivity contribution in [3.8, 4) is 17.2 Å². The number of hydrogen-bond donors (Lipinski definition) is 2. The van der Waals surface area contributed by atoms with Crippen LogP contribution in [0.4, 0.5) is 0 Å². The van der Waals surface area contributed by atoms with Crippen LogP contribution in [0.3, 0.4) is 0 Å². The lowest BCUT2D eigenvalue weighted by Gasteiger charge is -2.14. The number of amidine groups is 1. The zero-order chi connectivity index (χ0) is 15.2. The van der Waals surface area contributed by atoms with Crippen LogP contribution in [0.15, 0.2) is 46.9 Å². The Morgan fingerprint density at radius 2 is 1.76 bits per heavy atom. The molecule has 0 amide bonds. The lowest BCUT2D eigenvalue weighted by atomic mass is 10.2. The second kappa shape index (κ2) is 7.13. The summed E-state index contributed by atoms with van der Waals surface area (Å²) in [5.41, 5.74) is 6.16. The zero-order valence-corrected chi connectivity index (χ0v) is 13.3. The number of benzene rings is 2. The molecule has 0 fully saturated rings. The Bertz CT molecular complexity index is 644. The van der Waals surface area contributed by atoms with Crippen molar-refractivity contribution in [3.05, 3.63) is 52.5 Å². The summed E-state index contributed by atoms with van der Waals surface area (Å²) in [6, 6.07) is 12.9. The van der Waals surface area contributed by atoms with E-state index in [-0.39, 0.29) is 5.84 Å². The van der Waals surface area contributed by atoms with Gasteiger partial charge in [-0.05, 0) is 46.6 Å². The summed E-state index contributed by atoms with van der Waals surface area (Å²) in [4.78, 5) is 0. The van der Waals surface area contributed by atoms with Crippen LogP contribution in [0.5, 0.6) is 17.2 Å². The number of para-hydroxylation sites is 2. The van der Waals surface area contributed by atoms with Crippen molar-refractivity contribution in [2.24, 2.45) is 5.73 Å². The minimum Gasteiger partial charge on any atom is -0.490 e. The number of nitrogens with one attached hydrogen (secondary N) is 1. The second-order valence-corrected chi connectivity index (χ2v) is 5.28. The van der Waals surface area contributed by atoms with Gasteiger partial charge in [-0.2, -0.15) is 0 Å². The summed E-state index contributed by atoms with van der Waals surface area (Å²) in [5, 5.41) is 7.68. The van der Waals surface area contributed by atoms with Gasteiger partial charge in [-0.25, -0.2) is 0 Å². The number of nitrogens with two attached hydrogens (primary N) is 1. The molecule has 2 rings (SSSR count). The summed E-state index contributed by atoms with van der Waals surface area (Å²) in [6.45, 7) is 2.67. The Morgan fingerprint density at radius 3 is 2.43 bits per heavy atom. The third-order valence-corrected chi connectivity index (χ3v) is 3.44. The molecule has 5 heteroatoms. The SMILES string of the molecule is CCCOc1ccccc1Oc1cccc(Br)c1C(=N)N. The largest absolute Gasteiger partial charge is 0.490 e. The fourth-order valence-electron chi connectivity index (χ4n) is 1.83. The van der Waals surface area contributed by atoms with Crippen molar-refractivity contribution in [1.82, 2.24) is 0 Å². The Kier molecular flexibility index (Phi) is 5.22. The van der Waals surface area contributed by atoms with Gasteiger partial charge in [0, 0.05) is 4.47 Å². The molecular formula is C16H17BrN2O2. The predicted molar refractivity (Wildman–Crippen MR) is 87.5 cm³/mol. The topological polar surface area (TPSA) is 68.3 Å². The van der Waals surface area contributed by atoms with Gasteiger partial charge in [0.1, 0.15) is 11.6 Å². The maximum Gasteiger partial charge on any atom is 0.169 e. The highest BCUT2D eigenvalue weighted by Crippen LogP contribution is 2.35. The van der Waals surface area contributed by atoms with Crippen LogP contribution in [0.1, 0.15) is 18.9 Å². The van der Waals surface area contributed by atoms with Crippen LogP contribution in [0.2, 0.25) is 0 Å². The van der Waals surface area contributed by atoms with E-state index in [1.54, 1.807) is 6.07 Å². The molecule has 0 aromatic heterocycles. The number of halogens is 1. The molecule has 110 valence electrons. The lowest BCUT2D eigenvalue weighted by molar-refractivity contribution is 0.302. The van der Waals surface area contributed by atoms with Crippen molar-refractivity contribution in [2.75, 3.05) is 6.61 Å². The Labute approximate surface area is 132 Å². The monoisotopic (exact) mass is 348 g/mol. The highest BCUT2D eigenvalue weighted by Gasteiger charge is 2.13. The molecule has 0 heterocycles. The molecule has 0 aliphatic carbocycles. The molecule has 0 unspecified atom stereocenters. The number of nitrogen functional groups attached to an aromatic ring is 1. The summed E-state index contributed by atoms with van der Waals surface area (Å²) in [7, 11) is 0. The van der Waals surface area contributed by atoms with E-state index in [1.165, 1.54) is 0 Å². The van der Waals surface area contributed by atoms with Gasteiger partial charge in [-0.3, -0.25) is 5.41 Å². The van der Waals surface area contributed by atoms with E-state index in [2.05, 4.69) is 15.9 Å². The summed E-state index contributed by atoms with van der Waals surface area (Å²) < 4.78 is 12.3. The maximum atomic E-state index is 7.68. The molecule has 0 saturated carbocycles. The standard InChI is InChI=1S/C16H17BrN2O2/c1-2-10-20-12-7-3-4-8-13(12)21-14-9-5-6-11(17)15(14)16(18)19/h3-9H,2,10H2,1H3,(H3,18,19). The van der Waals surface area contributed by atoms with E-state index in [9.17, 15) is 0 Å². The molecule has 21 heavy (non-hydrogen) atoms. The molecule has 3 N–H and O–H groups in total. The van der Waals surface area contributed by atoms with Crippen molar-refractivity contribution < 1.29 is 9.47 Å². The molecule has 0 spiro atoms. The van der Waals surface area contributed by atoms with Gasteiger partial charge in [0.15, 0.2) is 11.5 Å². The van der Waals surface area contributed by atoms with Gasteiger partial charge < -0.3 is 15.2 Å². The molecule has 0 radical (unpaired) electrons. The van der Waals surface area contributed by atoms with Crippen molar-refractivity contribution in [2.45, 2.75) is 13.3 Å². The minimum absolute atomic E-state index is 0.0515. The smallest absolute Gasteiger partial charge is 0.169 e. The highest BCUT2D eigenvalue weighted by atomic mass is 79.9. The average molecular weight is 349 g/mol. The van der Waals surface area contributed by atoms with E-state index in [0.717, 1.165) is 10.9 Å². The van der Waals surface area contributed by atoms with Crippen LogP contribution in [0.25, 0.3) is 0 Å². The van der Waals surface area contributed by atoms with Gasteiger partial charge in [-0.15, -0.1) is 0 Å². The van der Waals surface area contributed by atoms with Gasteiger partial charge >= 0.3 is 0 Å². The normalized spacial score (nSPS) is 10.2. The molecule has 0 atom stereocenters. The molecule has 2 aromatic rings.